The molecular weight excluding hydrogens is 319 g/mol. The second-order valence-electron chi connectivity index (χ2n) is 6.27. The third kappa shape index (κ3) is 4.05. The van der Waals surface area contributed by atoms with Crippen molar-refractivity contribution in [3.63, 3.8) is 0 Å². The number of carbonyl (C=O) groups is 2. The molecule has 1 aliphatic rings. The van der Waals surface area contributed by atoms with E-state index in [0.717, 1.165) is 12.1 Å². The Bertz CT molecular complexity index is 774. The molecule has 1 fully saturated rings. The summed E-state index contributed by atoms with van der Waals surface area (Å²) < 4.78 is 13.2. The van der Waals surface area contributed by atoms with E-state index >= 15 is 0 Å². The van der Waals surface area contributed by atoms with Gasteiger partial charge in [-0.3, -0.25) is 9.59 Å². The average molecular weight is 340 g/mol. The molecule has 130 valence electrons. The van der Waals surface area contributed by atoms with E-state index in [9.17, 15) is 14.0 Å². The molecule has 0 radical (unpaired) electrons. The van der Waals surface area contributed by atoms with Crippen LogP contribution in [0.2, 0.25) is 0 Å². The van der Waals surface area contributed by atoms with Crippen LogP contribution >= 0.6 is 0 Å². The summed E-state index contributed by atoms with van der Waals surface area (Å²) in [5.74, 6) is -0.933. The van der Waals surface area contributed by atoms with E-state index in [-0.39, 0.29) is 36.5 Å². The number of hydrogen-bond donors (Lipinski definition) is 1. The second-order valence-corrected chi connectivity index (χ2v) is 6.27. The lowest BCUT2D eigenvalue weighted by atomic mass is 10.1. The Morgan fingerprint density at radius 1 is 1.20 bits per heavy atom. The second kappa shape index (κ2) is 7.47. The Labute approximate surface area is 146 Å². The van der Waals surface area contributed by atoms with Crippen molar-refractivity contribution < 1.29 is 14.0 Å². The fourth-order valence-electron chi connectivity index (χ4n) is 3.02. The van der Waals surface area contributed by atoms with Crippen molar-refractivity contribution >= 4 is 17.5 Å². The topological polar surface area (TPSA) is 49.4 Å². The Morgan fingerprint density at radius 2 is 1.96 bits per heavy atom. The van der Waals surface area contributed by atoms with Gasteiger partial charge in [0.15, 0.2) is 0 Å². The van der Waals surface area contributed by atoms with Gasteiger partial charge in [0.25, 0.3) is 0 Å². The van der Waals surface area contributed by atoms with Crippen molar-refractivity contribution in [1.29, 1.82) is 0 Å². The summed E-state index contributed by atoms with van der Waals surface area (Å²) in [7, 11) is 0. The number of rotatable bonds is 5. The van der Waals surface area contributed by atoms with Gasteiger partial charge in [0, 0.05) is 25.2 Å². The van der Waals surface area contributed by atoms with Crippen molar-refractivity contribution in [3.8, 4) is 0 Å². The Hall–Kier alpha value is -2.69. The van der Waals surface area contributed by atoms with Crippen molar-refractivity contribution in [3.05, 3.63) is 65.5 Å². The molecule has 3 rings (SSSR count). The zero-order valence-corrected chi connectivity index (χ0v) is 14.2. The highest BCUT2D eigenvalue weighted by molar-refractivity contribution is 6.00. The molecule has 0 spiro atoms. The summed E-state index contributed by atoms with van der Waals surface area (Å²) in [5.41, 5.74) is 2.73. The smallest absolute Gasteiger partial charge is 0.227 e. The van der Waals surface area contributed by atoms with Gasteiger partial charge in [0.2, 0.25) is 11.8 Å². The van der Waals surface area contributed by atoms with Gasteiger partial charge in [0.05, 0.1) is 5.92 Å². The maximum Gasteiger partial charge on any atom is 0.227 e. The van der Waals surface area contributed by atoms with Gasteiger partial charge in [-0.15, -0.1) is 0 Å². The molecule has 0 aliphatic carbocycles. The first-order valence-corrected chi connectivity index (χ1v) is 8.48. The third-order valence-corrected chi connectivity index (χ3v) is 4.51. The van der Waals surface area contributed by atoms with E-state index < -0.39 is 0 Å². The van der Waals surface area contributed by atoms with Crippen LogP contribution in [0.15, 0.2) is 48.5 Å². The van der Waals surface area contributed by atoms with Crippen LogP contribution in [0.4, 0.5) is 10.1 Å². The number of benzene rings is 2. The third-order valence-electron chi connectivity index (χ3n) is 4.51. The maximum atomic E-state index is 13.2. The molecule has 1 unspecified atom stereocenters. The predicted octanol–water partition coefficient (Wildman–Crippen LogP) is 3.06. The first-order chi connectivity index (χ1) is 12.1. The summed E-state index contributed by atoms with van der Waals surface area (Å²) in [6, 6.07) is 14.0. The molecule has 2 aromatic rings. The summed E-state index contributed by atoms with van der Waals surface area (Å²) in [4.78, 5) is 26.3. The Balaban J connectivity index is 1.60. The van der Waals surface area contributed by atoms with Gasteiger partial charge in [-0.2, -0.15) is 0 Å². The highest BCUT2D eigenvalue weighted by Crippen LogP contribution is 2.25. The molecule has 1 N–H and O–H groups in total. The highest BCUT2D eigenvalue weighted by Gasteiger charge is 2.34. The van der Waals surface area contributed by atoms with Crippen LogP contribution in [-0.4, -0.2) is 18.4 Å². The zero-order valence-electron chi connectivity index (χ0n) is 14.2. The molecule has 2 amide bonds. The largest absolute Gasteiger partial charge is 0.352 e. The highest BCUT2D eigenvalue weighted by atomic mass is 19.1. The van der Waals surface area contributed by atoms with Crippen LogP contribution in [0.1, 0.15) is 24.5 Å². The summed E-state index contributed by atoms with van der Waals surface area (Å²) >= 11 is 0. The van der Waals surface area contributed by atoms with Crippen LogP contribution in [0.25, 0.3) is 0 Å². The molecule has 0 bridgehead atoms. The lowest BCUT2D eigenvalue weighted by molar-refractivity contribution is -0.126. The molecule has 0 saturated carbocycles. The number of nitrogens with one attached hydrogen (secondary N) is 1. The standard InChI is InChI=1S/C20H21FN2O2/c1-2-14-6-8-18(9-7-14)23-13-16(11-19(23)24)20(25)22-12-15-4-3-5-17(21)10-15/h3-10,16H,2,11-13H2,1H3,(H,22,25). The minimum atomic E-state index is -0.382. The summed E-state index contributed by atoms with van der Waals surface area (Å²) in [6.07, 6.45) is 1.14. The molecule has 5 heteroatoms. The lowest BCUT2D eigenvalue weighted by Crippen LogP contribution is -2.32. The molecule has 1 heterocycles. The van der Waals surface area contributed by atoms with Gasteiger partial charge in [-0.1, -0.05) is 31.2 Å². The van der Waals surface area contributed by atoms with Gasteiger partial charge in [0.1, 0.15) is 5.82 Å². The fourth-order valence-corrected chi connectivity index (χ4v) is 3.02. The monoisotopic (exact) mass is 340 g/mol. The number of aryl methyl sites for hydroxylation is 1. The Kier molecular flexibility index (Phi) is 5.12. The van der Waals surface area contributed by atoms with Crippen molar-refractivity contribution in [2.24, 2.45) is 5.92 Å². The average Bonchev–Trinajstić information content (AvgIpc) is 3.02. The summed E-state index contributed by atoms with van der Waals surface area (Å²) in [5, 5.41) is 2.79. The number of carbonyl (C=O) groups excluding carboxylic acids is 2. The first-order valence-electron chi connectivity index (χ1n) is 8.48. The molecular formula is C20H21FN2O2. The molecule has 4 nitrogen and oxygen atoms in total. The lowest BCUT2D eigenvalue weighted by Gasteiger charge is -2.17. The van der Waals surface area contributed by atoms with Crippen molar-refractivity contribution in [2.75, 3.05) is 11.4 Å². The minimum absolute atomic E-state index is 0.0462. The Morgan fingerprint density at radius 3 is 2.64 bits per heavy atom. The van der Waals surface area contributed by atoms with Crippen LogP contribution in [-0.2, 0) is 22.6 Å². The van der Waals surface area contributed by atoms with Crippen LogP contribution in [0.3, 0.4) is 0 Å². The molecule has 1 aliphatic heterocycles. The van der Waals surface area contributed by atoms with Crippen molar-refractivity contribution in [2.45, 2.75) is 26.3 Å². The maximum absolute atomic E-state index is 13.2. The normalized spacial score (nSPS) is 17.0. The fraction of sp³-hybridized carbons (Fsp3) is 0.300. The first kappa shape index (κ1) is 17.1. The number of halogens is 1. The van der Waals surface area contributed by atoms with Crippen molar-refractivity contribution in [1.82, 2.24) is 5.32 Å². The van der Waals surface area contributed by atoms with E-state index in [0.29, 0.717) is 12.1 Å². The van der Waals surface area contributed by atoms with Gasteiger partial charge in [-0.25, -0.2) is 4.39 Å². The van der Waals surface area contributed by atoms with E-state index in [4.69, 9.17) is 0 Å². The molecule has 0 aromatic heterocycles. The molecule has 1 saturated heterocycles. The van der Waals surface area contributed by atoms with Crippen LogP contribution in [0.5, 0.6) is 0 Å². The van der Waals surface area contributed by atoms with E-state index in [1.807, 2.05) is 24.3 Å². The zero-order chi connectivity index (χ0) is 17.8. The van der Waals surface area contributed by atoms with Gasteiger partial charge in [-0.05, 0) is 41.8 Å². The van der Waals surface area contributed by atoms with E-state index in [2.05, 4.69) is 12.2 Å². The SMILES string of the molecule is CCc1ccc(N2CC(C(=O)NCc3cccc(F)c3)CC2=O)cc1. The number of amides is 2. The number of hydrogen-bond acceptors (Lipinski definition) is 2. The molecule has 1 atom stereocenters. The summed E-state index contributed by atoms with van der Waals surface area (Å²) in [6.45, 7) is 2.71. The molecule has 2 aromatic carbocycles. The minimum Gasteiger partial charge on any atom is -0.352 e. The van der Waals surface area contributed by atoms with Gasteiger partial charge < -0.3 is 10.2 Å². The number of nitrogens with zero attached hydrogens (tertiary/aromatic N) is 1. The van der Waals surface area contributed by atoms with E-state index in [1.165, 1.54) is 17.7 Å². The molecule has 25 heavy (non-hydrogen) atoms. The number of anilines is 1. The quantitative estimate of drug-likeness (QED) is 0.909. The van der Waals surface area contributed by atoms with Gasteiger partial charge >= 0.3 is 0 Å². The van der Waals surface area contributed by atoms with E-state index in [1.54, 1.807) is 17.0 Å². The van der Waals surface area contributed by atoms with Crippen LogP contribution in [0, 0.1) is 11.7 Å². The predicted molar refractivity (Wildman–Crippen MR) is 94.5 cm³/mol. The van der Waals surface area contributed by atoms with Crippen LogP contribution < -0.4 is 10.2 Å².